The van der Waals surface area contributed by atoms with Crippen LogP contribution in [0.15, 0.2) is 36.5 Å². The van der Waals surface area contributed by atoms with Crippen molar-refractivity contribution in [1.29, 1.82) is 0 Å². The molecule has 0 aliphatic carbocycles. The Morgan fingerprint density at radius 2 is 0.679 bits per heavy atom. The quantitative estimate of drug-likeness (QED) is 0.140. The summed E-state index contributed by atoms with van der Waals surface area (Å²) in [5.74, 6) is 0. The third-order valence-corrected chi connectivity index (χ3v) is 5.15. The highest BCUT2D eigenvalue weighted by atomic mass is 15.1. The Morgan fingerprint density at radius 3 is 0.964 bits per heavy atom. The van der Waals surface area contributed by atoms with Gasteiger partial charge in [-0.2, -0.15) is 0 Å². The normalized spacial score (nSPS) is 12.4. The van der Waals surface area contributed by atoms with Crippen LogP contribution in [0.3, 0.4) is 0 Å². The lowest BCUT2D eigenvalue weighted by Crippen LogP contribution is -2.27. The van der Waals surface area contributed by atoms with Gasteiger partial charge < -0.3 is 4.90 Å². The summed E-state index contributed by atoms with van der Waals surface area (Å²) in [6.07, 6.45) is 33.6. The molecule has 0 aliphatic heterocycles. The molecule has 0 rings (SSSR count). The minimum atomic E-state index is 1.24. The highest BCUT2D eigenvalue weighted by Gasteiger charge is 2.04. The monoisotopic (exact) mass is 389 g/mol. The van der Waals surface area contributed by atoms with E-state index in [2.05, 4.69) is 62.1 Å². The van der Waals surface area contributed by atoms with Crippen molar-refractivity contribution in [2.24, 2.45) is 0 Å². The van der Waals surface area contributed by atoms with Gasteiger partial charge in [-0.3, -0.25) is 0 Å². The van der Waals surface area contributed by atoms with Gasteiger partial charge in [0.15, 0.2) is 0 Å². The molecule has 28 heavy (non-hydrogen) atoms. The van der Waals surface area contributed by atoms with E-state index < -0.39 is 0 Å². The van der Waals surface area contributed by atoms with Gasteiger partial charge in [-0.25, -0.2) is 0 Å². The van der Waals surface area contributed by atoms with Gasteiger partial charge >= 0.3 is 0 Å². The number of unbranched alkanes of at least 4 members (excludes halogenated alkanes) is 9. The highest BCUT2D eigenvalue weighted by molar-refractivity contribution is 4.82. The molecule has 0 aliphatic rings. The average molecular weight is 390 g/mol. The van der Waals surface area contributed by atoms with E-state index in [1.54, 1.807) is 0 Å². The summed E-state index contributed by atoms with van der Waals surface area (Å²) in [5, 5.41) is 0. The number of hydrogen-bond donors (Lipinski definition) is 0. The van der Waals surface area contributed by atoms with Crippen LogP contribution in [-0.4, -0.2) is 24.5 Å². The van der Waals surface area contributed by atoms with Gasteiger partial charge in [-0.15, -0.1) is 0 Å². The highest BCUT2D eigenvalue weighted by Crippen LogP contribution is 2.08. The number of nitrogens with zero attached hydrogens (tertiary/aromatic N) is 1. The van der Waals surface area contributed by atoms with Crippen molar-refractivity contribution in [2.75, 3.05) is 19.6 Å². The second kappa shape index (κ2) is 24.2. The van der Waals surface area contributed by atoms with Crippen LogP contribution in [0.25, 0.3) is 0 Å². The minimum Gasteiger partial charge on any atom is -0.303 e. The van der Waals surface area contributed by atoms with Crippen molar-refractivity contribution >= 4 is 0 Å². The van der Waals surface area contributed by atoms with E-state index in [-0.39, 0.29) is 0 Å². The first-order valence-corrected chi connectivity index (χ1v) is 12.5. The van der Waals surface area contributed by atoms with Gasteiger partial charge in [-0.1, -0.05) is 76.5 Å². The van der Waals surface area contributed by atoms with Crippen LogP contribution in [0.1, 0.15) is 117 Å². The van der Waals surface area contributed by atoms with Crippen molar-refractivity contribution in [3.8, 4) is 0 Å². The van der Waals surface area contributed by atoms with Crippen LogP contribution in [0, 0.1) is 0 Å². The third kappa shape index (κ3) is 21.5. The first-order valence-electron chi connectivity index (χ1n) is 12.5. The largest absolute Gasteiger partial charge is 0.303 e. The zero-order valence-corrected chi connectivity index (χ0v) is 19.6. The van der Waals surface area contributed by atoms with Crippen LogP contribution in [0.4, 0.5) is 0 Å². The van der Waals surface area contributed by atoms with Crippen LogP contribution >= 0.6 is 0 Å². The van der Waals surface area contributed by atoms with E-state index in [9.17, 15) is 0 Å². The molecule has 0 radical (unpaired) electrons. The lowest BCUT2D eigenvalue weighted by atomic mass is 10.1. The fraction of sp³-hybridized carbons (Fsp3) is 0.778. The Balaban J connectivity index is 3.97. The molecule has 164 valence electrons. The Hall–Kier alpha value is -0.820. The first-order chi connectivity index (χ1) is 13.8. The zero-order valence-electron chi connectivity index (χ0n) is 19.6. The van der Waals surface area contributed by atoms with Gasteiger partial charge in [0.1, 0.15) is 0 Å². The Kier molecular flexibility index (Phi) is 23.5. The van der Waals surface area contributed by atoms with E-state index >= 15 is 0 Å². The van der Waals surface area contributed by atoms with Gasteiger partial charge in [0.2, 0.25) is 0 Å². The lowest BCUT2D eigenvalue weighted by molar-refractivity contribution is 0.258. The van der Waals surface area contributed by atoms with Gasteiger partial charge in [-0.05, 0) is 96.7 Å². The standard InChI is InChI=1S/C27H51N/c1-4-7-10-13-16-19-22-25-28(26-23-20-17-14-11-8-5-2)27-24-21-18-15-12-9-6-3/h10-15H,4-9,16-27H2,1-3H3/b13-10+,14-11+,15-12+. The summed E-state index contributed by atoms with van der Waals surface area (Å²) in [6, 6.07) is 0. The molecule has 0 heterocycles. The summed E-state index contributed by atoms with van der Waals surface area (Å²) >= 11 is 0. The second-order valence-electron chi connectivity index (χ2n) is 8.11. The summed E-state index contributed by atoms with van der Waals surface area (Å²) in [5.41, 5.74) is 0. The molecule has 0 bridgehead atoms. The minimum absolute atomic E-state index is 1.24. The van der Waals surface area contributed by atoms with Crippen molar-refractivity contribution in [3.63, 3.8) is 0 Å². The predicted molar refractivity (Wildman–Crippen MR) is 130 cm³/mol. The molecule has 1 heteroatoms. The lowest BCUT2D eigenvalue weighted by Gasteiger charge is -2.22. The Morgan fingerprint density at radius 1 is 0.393 bits per heavy atom. The molecule has 0 saturated heterocycles. The fourth-order valence-corrected chi connectivity index (χ4v) is 3.34. The van der Waals surface area contributed by atoms with E-state index in [4.69, 9.17) is 0 Å². The molecule has 0 saturated carbocycles. The number of rotatable bonds is 21. The van der Waals surface area contributed by atoms with Crippen LogP contribution in [0.5, 0.6) is 0 Å². The average Bonchev–Trinajstić information content (AvgIpc) is 2.71. The molecule has 0 N–H and O–H groups in total. The van der Waals surface area contributed by atoms with E-state index in [1.807, 2.05) is 0 Å². The number of hydrogen-bond acceptors (Lipinski definition) is 1. The maximum Gasteiger partial charge on any atom is -0.00186 e. The predicted octanol–water partition coefficient (Wildman–Crippen LogP) is 8.87. The molecular formula is C27H51N. The smallest absolute Gasteiger partial charge is 0.00186 e. The maximum absolute atomic E-state index is 2.74. The molecule has 0 aromatic heterocycles. The second-order valence-corrected chi connectivity index (χ2v) is 8.11. The molecule has 0 fully saturated rings. The van der Waals surface area contributed by atoms with Crippen LogP contribution < -0.4 is 0 Å². The molecule has 0 unspecified atom stereocenters. The van der Waals surface area contributed by atoms with E-state index in [0.29, 0.717) is 0 Å². The summed E-state index contributed by atoms with van der Waals surface area (Å²) in [6.45, 7) is 10.6. The van der Waals surface area contributed by atoms with Crippen LogP contribution in [-0.2, 0) is 0 Å². The topological polar surface area (TPSA) is 3.24 Å². The Labute approximate surface area is 178 Å². The molecule has 0 amide bonds. The van der Waals surface area contributed by atoms with Crippen molar-refractivity contribution < 1.29 is 0 Å². The van der Waals surface area contributed by atoms with E-state index in [1.165, 1.54) is 116 Å². The summed E-state index contributed by atoms with van der Waals surface area (Å²) in [4.78, 5) is 2.74. The molecule has 1 nitrogen and oxygen atoms in total. The molecule has 0 spiro atoms. The van der Waals surface area contributed by atoms with Gasteiger partial charge in [0.05, 0.1) is 0 Å². The fourth-order valence-electron chi connectivity index (χ4n) is 3.34. The summed E-state index contributed by atoms with van der Waals surface area (Å²) < 4.78 is 0. The molecular weight excluding hydrogens is 338 g/mol. The van der Waals surface area contributed by atoms with Crippen molar-refractivity contribution in [3.05, 3.63) is 36.5 Å². The SMILES string of the molecule is CCC/C=C/CCCCN(CCCC/C=C/CCC)CCCC/C=C/CCC. The van der Waals surface area contributed by atoms with Crippen LogP contribution in [0.2, 0.25) is 0 Å². The zero-order chi connectivity index (χ0) is 20.5. The third-order valence-electron chi connectivity index (χ3n) is 5.15. The number of allylic oxidation sites excluding steroid dienone is 6. The van der Waals surface area contributed by atoms with Gasteiger partial charge in [0.25, 0.3) is 0 Å². The van der Waals surface area contributed by atoms with Crippen molar-refractivity contribution in [1.82, 2.24) is 4.90 Å². The summed E-state index contributed by atoms with van der Waals surface area (Å²) in [7, 11) is 0. The molecule has 0 aromatic carbocycles. The van der Waals surface area contributed by atoms with Gasteiger partial charge in [0, 0.05) is 0 Å². The Bertz CT molecular complexity index is 309. The maximum atomic E-state index is 2.74. The van der Waals surface area contributed by atoms with E-state index in [0.717, 1.165) is 0 Å². The molecule has 0 aromatic rings. The first kappa shape index (κ1) is 27.2. The van der Waals surface area contributed by atoms with Crippen molar-refractivity contribution in [2.45, 2.75) is 117 Å². The molecule has 0 atom stereocenters.